The largest absolute Gasteiger partial charge is 0.324 e. The fourth-order valence-electron chi connectivity index (χ4n) is 1.56. The van der Waals surface area contributed by atoms with E-state index in [1.165, 1.54) is 6.33 Å². The van der Waals surface area contributed by atoms with E-state index in [4.69, 9.17) is 5.26 Å². The quantitative estimate of drug-likeness (QED) is 0.767. The highest BCUT2D eigenvalue weighted by atomic mass is 16.1. The van der Waals surface area contributed by atoms with Crippen LogP contribution in [0.3, 0.4) is 0 Å². The SMILES string of the molecule is CCCCCCC(=O)Nc1ncn(C)c1C#N. The first-order valence-electron chi connectivity index (χ1n) is 5.90. The van der Waals surface area contributed by atoms with Crippen molar-refractivity contribution in [3.05, 3.63) is 12.0 Å². The molecule has 5 heteroatoms. The smallest absolute Gasteiger partial charge is 0.225 e. The Balaban J connectivity index is 2.43. The molecule has 0 aliphatic rings. The van der Waals surface area contributed by atoms with Gasteiger partial charge in [-0.15, -0.1) is 0 Å². The van der Waals surface area contributed by atoms with E-state index in [0.29, 0.717) is 17.9 Å². The molecule has 0 unspecified atom stereocenters. The van der Waals surface area contributed by atoms with Crippen molar-refractivity contribution < 1.29 is 4.79 Å². The molecule has 0 spiro atoms. The average Bonchev–Trinajstić information content (AvgIpc) is 2.65. The van der Waals surface area contributed by atoms with E-state index < -0.39 is 0 Å². The van der Waals surface area contributed by atoms with Crippen molar-refractivity contribution in [1.82, 2.24) is 9.55 Å². The molecule has 0 fully saturated rings. The molecule has 0 saturated carbocycles. The van der Waals surface area contributed by atoms with Gasteiger partial charge >= 0.3 is 0 Å². The van der Waals surface area contributed by atoms with E-state index in [-0.39, 0.29) is 5.91 Å². The number of aryl methyl sites for hydroxylation is 1. The van der Waals surface area contributed by atoms with Crippen LogP contribution in [0, 0.1) is 11.3 Å². The second kappa shape index (κ2) is 6.69. The fourth-order valence-corrected chi connectivity index (χ4v) is 1.56. The summed E-state index contributed by atoms with van der Waals surface area (Å²) in [6, 6.07) is 2.01. The van der Waals surface area contributed by atoms with Gasteiger partial charge < -0.3 is 9.88 Å². The summed E-state index contributed by atoms with van der Waals surface area (Å²) in [5.74, 6) is 0.284. The van der Waals surface area contributed by atoms with E-state index >= 15 is 0 Å². The maximum atomic E-state index is 11.6. The highest BCUT2D eigenvalue weighted by molar-refractivity contribution is 5.90. The molecular formula is C12H18N4O. The van der Waals surface area contributed by atoms with Gasteiger partial charge in [-0.25, -0.2) is 4.98 Å². The van der Waals surface area contributed by atoms with Gasteiger partial charge in [0.2, 0.25) is 5.91 Å². The van der Waals surface area contributed by atoms with Gasteiger partial charge in [0.05, 0.1) is 6.33 Å². The third-order valence-electron chi connectivity index (χ3n) is 2.56. The van der Waals surface area contributed by atoms with Gasteiger partial charge in [-0.1, -0.05) is 26.2 Å². The number of nitrogens with zero attached hydrogens (tertiary/aromatic N) is 3. The molecule has 0 atom stereocenters. The molecule has 0 saturated heterocycles. The molecule has 92 valence electrons. The number of unbranched alkanes of at least 4 members (excludes halogenated alkanes) is 3. The van der Waals surface area contributed by atoms with Gasteiger partial charge in [0.1, 0.15) is 6.07 Å². The molecule has 1 aromatic rings. The topological polar surface area (TPSA) is 70.7 Å². The third-order valence-corrected chi connectivity index (χ3v) is 2.56. The second-order valence-corrected chi connectivity index (χ2v) is 4.02. The summed E-state index contributed by atoms with van der Waals surface area (Å²) in [4.78, 5) is 15.6. The van der Waals surface area contributed by atoms with Gasteiger partial charge in [-0.3, -0.25) is 4.79 Å². The van der Waals surface area contributed by atoms with E-state index in [1.54, 1.807) is 11.6 Å². The van der Waals surface area contributed by atoms with E-state index in [0.717, 1.165) is 25.7 Å². The summed E-state index contributed by atoms with van der Waals surface area (Å²) in [6.07, 6.45) is 6.26. The van der Waals surface area contributed by atoms with Crippen molar-refractivity contribution in [3.63, 3.8) is 0 Å². The second-order valence-electron chi connectivity index (χ2n) is 4.02. The number of anilines is 1. The maximum Gasteiger partial charge on any atom is 0.225 e. The lowest BCUT2D eigenvalue weighted by molar-refractivity contribution is -0.116. The molecular weight excluding hydrogens is 216 g/mol. The van der Waals surface area contributed by atoms with Crippen molar-refractivity contribution in [2.45, 2.75) is 39.0 Å². The Kier molecular flexibility index (Phi) is 5.21. The zero-order chi connectivity index (χ0) is 12.7. The normalized spacial score (nSPS) is 9.94. The van der Waals surface area contributed by atoms with Gasteiger partial charge in [-0.05, 0) is 6.42 Å². The first-order chi connectivity index (χ1) is 8.19. The standard InChI is InChI=1S/C12H18N4O/c1-3-4-5-6-7-11(17)15-12-10(8-13)16(2)9-14-12/h9H,3-7H2,1-2H3,(H,15,17). The molecule has 0 bridgehead atoms. The Labute approximate surface area is 101 Å². The summed E-state index contributed by atoms with van der Waals surface area (Å²) >= 11 is 0. The van der Waals surface area contributed by atoms with Crippen molar-refractivity contribution in [3.8, 4) is 6.07 Å². The van der Waals surface area contributed by atoms with Crippen LogP contribution in [0.4, 0.5) is 5.82 Å². The van der Waals surface area contributed by atoms with Crippen LogP contribution in [0.25, 0.3) is 0 Å². The lowest BCUT2D eigenvalue weighted by Crippen LogP contribution is -2.12. The summed E-state index contributed by atoms with van der Waals surface area (Å²) in [6.45, 7) is 2.13. The number of carbonyl (C=O) groups is 1. The number of aromatic nitrogens is 2. The number of imidazole rings is 1. The Morgan fingerprint density at radius 1 is 1.53 bits per heavy atom. The van der Waals surface area contributed by atoms with Crippen LogP contribution in [-0.2, 0) is 11.8 Å². The van der Waals surface area contributed by atoms with E-state index in [2.05, 4.69) is 17.2 Å². The third kappa shape index (κ3) is 3.91. The summed E-state index contributed by atoms with van der Waals surface area (Å²) < 4.78 is 1.59. The number of hydrogen-bond acceptors (Lipinski definition) is 3. The molecule has 0 aliphatic carbocycles. The minimum atomic E-state index is -0.0729. The predicted octanol–water partition coefficient (Wildman–Crippen LogP) is 2.20. The lowest BCUT2D eigenvalue weighted by Gasteiger charge is -2.02. The average molecular weight is 234 g/mol. The summed E-state index contributed by atoms with van der Waals surface area (Å²) in [7, 11) is 1.72. The molecule has 0 radical (unpaired) electrons. The lowest BCUT2D eigenvalue weighted by atomic mass is 10.1. The molecule has 1 aromatic heterocycles. The molecule has 17 heavy (non-hydrogen) atoms. The first kappa shape index (κ1) is 13.2. The van der Waals surface area contributed by atoms with Crippen molar-refractivity contribution in [2.75, 3.05) is 5.32 Å². The number of amides is 1. The highest BCUT2D eigenvalue weighted by Gasteiger charge is 2.10. The number of rotatable bonds is 6. The van der Waals surface area contributed by atoms with Crippen molar-refractivity contribution in [1.29, 1.82) is 5.26 Å². The zero-order valence-electron chi connectivity index (χ0n) is 10.4. The van der Waals surface area contributed by atoms with Crippen LogP contribution < -0.4 is 5.32 Å². The molecule has 1 heterocycles. The van der Waals surface area contributed by atoms with Crippen LogP contribution in [0.1, 0.15) is 44.7 Å². The van der Waals surface area contributed by atoms with Crippen LogP contribution in [0.5, 0.6) is 0 Å². The maximum absolute atomic E-state index is 11.6. The fraction of sp³-hybridized carbons (Fsp3) is 0.583. The molecule has 1 rings (SSSR count). The molecule has 5 nitrogen and oxygen atoms in total. The summed E-state index contributed by atoms with van der Waals surface area (Å²) in [5.41, 5.74) is 0.381. The molecule has 0 aliphatic heterocycles. The van der Waals surface area contributed by atoms with E-state index in [9.17, 15) is 4.79 Å². The Morgan fingerprint density at radius 3 is 2.94 bits per heavy atom. The first-order valence-corrected chi connectivity index (χ1v) is 5.90. The Hall–Kier alpha value is -1.83. The predicted molar refractivity (Wildman–Crippen MR) is 65.3 cm³/mol. The van der Waals surface area contributed by atoms with Crippen LogP contribution in [0.2, 0.25) is 0 Å². The Morgan fingerprint density at radius 2 is 2.29 bits per heavy atom. The zero-order valence-corrected chi connectivity index (χ0v) is 10.4. The van der Waals surface area contributed by atoms with Crippen LogP contribution >= 0.6 is 0 Å². The molecule has 1 amide bonds. The molecule has 0 aromatic carbocycles. The minimum absolute atomic E-state index is 0.0729. The minimum Gasteiger partial charge on any atom is -0.324 e. The number of nitriles is 1. The van der Waals surface area contributed by atoms with E-state index in [1.807, 2.05) is 6.07 Å². The highest BCUT2D eigenvalue weighted by Crippen LogP contribution is 2.11. The van der Waals surface area contributed by atoms with Crippen LogP contribution in [-0.4, -0.2) is 15.5 Å². The van der Waals surface area contributed by atoms with Crippen molar-refractivity contribution in [2.24, 2.45) is 7.05 Å². The summed E-state index contributed by atoms with van der Waals surface area (Å²) in [5, 5.41) is 11.6. The Bertz CT molecular complexity index is 417. The molecule has 1 N–H and O–H groups in total. The number of carbonyl (C=O) groups excluding carboxylic acids is 1. The monoisotopic (exact) mass is 234 g/mol. The van der Waals surface area contributed by atoms with Gasteiger partial charge in [-0.2, -0.15) is 5.26 Å². The number of nitrogens with one attached hydrogen (secondary N) is 1. The van der Waals surface area contributed by atoms with Gasteiger partial charge in [0, 0.05) is 13.5 Å². The number of hydrogen-bond donors (Lipinski definition) is 1. The van der Waals surface area contributed by atoms with Crippen molar-refractivity contribution >= 4 is 11.7 Å². The van der Waals surface area contributed by atoms with Crippen LogP contribution in [0.15, 0.2) is 6.33 Å². The van der Waals surface area contributed by atoms with Gasteiger partial charge in [0.15, 0.2) is 11.5 Å². The van der Waals surface area contributed by atoms with Gasteiger partial charge in [0.25, 0.3) is 0 Å².